The highest BCUT2D eigenvalue weighted by molar-refractivity contribution is 5.91. The number of carbonyl (C=O) groups excluding carboxylic acids is 1. The van der Waals surface area contributed by atoms with E-state index in [-0.39, 0.29) is 18.3 Å². The number of hydrogen-bond acceptors (Lipinski definition) is 2. The van der Waals surface area contributed by atoms with Gasteiger partial charge in [0.15, 0.2) is 0 Å². The third-order valence-electron chi connectivity index (χ3n) is 3.52. The van der Waals surface area contributed by atoms with Gasteiger partial charge in [0.05, 0.1) is 0 Å². The lowest BCUT2D eigenvalue weighted by Crippen LogP contribution is -2.18. The molecular formula is C14H21ClN2O. The Morgan fingerprint density at radius 2 is 2.22 bits per heavy atom. The summed E-state index contributed by atoms with van der Waals surface area (Å²) < 4.78 is 0. The Bertz CT molecular complexity index is 414. The van der Waals surface area contributed by atoms with Crippen molar-refractivity contribution in [1.82, 2.24) is 5.32 Å². The molecule has 4 heteroatoms. The summed E-state index contributed by atoms with van der Waals surface area (Å²) in [6.45, 7) is 6.12. The quantitative estimate of drug-likeness (QED) is 0.885. The number of benzene rings is 1. The SMILES string of the molecule is Cc1cccc(NC(=O)CC2CCNC2)c1C.Cl. The van der Waals surface area contributed by atoms with E-state index in [1.807, 2.05) is 19.1 Å². The van der Waals surface area contributed by atoms with Crippen molar-refractivity contribution in [2.75, 3.05) is 18.4 Å². The zero-order valence-corrected chi connectivity index (χ0v) is 11.8. The predicted octanol–water partition coefficient (Wildman–Crippen LogP) is 2.66. The lowest BCUT2D eigenvalue weighted by Gasteiger charge is -2.12. The van der Waals surface area contributed by atoms with Gasteiger partial charge in [0, 0.05) is 12.1 Å². The van der Waals surface area contributed by atoms with Gasteiger partial charge in [0.25, 0.3) is 0 Å². The second-order valence-corrected chi connectivity index (χ2v) is 4.86. The molecule has 0 aromatic heterocycles. The fourth-order valence-corrected chi connectivity index (χ4v) is 2.24. The van der Waals surface area contributed by atoms with Crippen LogP contribution in [0.25, 0.3) is 0 Å². The summed E-state index contributed by atoms with van der Waals surface area (Å²) >= 11 is 0. The topological polar surface area (TPSA) is 41.1 Å². The highest BCUT2D eigenvalue weighted by atomic mass is 35.5. The molecule has 2 N–H and O–H groups in total. The maximum Gasteiger partial charge on any atom is 0.224 e. The van der Waals surface area contributed by atoms with Crippen LogP contribution in [0.5, 0.6) is 0 Å². The number of anilines is 1. The predicted molar refractivity (Wildman–Crippen MR) is 77.4 cm³/mol. The highest BCUT2D eigenvalue weighted by Crippen LogP contribution is 2.19. The maximum atomic E-state index is 11.9. The summed E-state index contributed by atoms with van der Waals surface area (Å²) in [6, 6.07) is 6.01. The standard InChI is InChI=1S/C14H20N2O.ClH/c1-10-4-3-5-13(11(10)2)16-14(17)8-12-6-7-15-9-12;/h3-5,12,15H,6-9H2,1-2H3,(H,16,17);1H. The molecule has 1 aromatic carbocycles. The van der Waals surface area contributed by atoms with Gasteiger partial charge in [-0.1, -0.05) is 12.1 Å². The van der Waals surface area contributed by atoms with Gasteiger partial charge in [0.1, 0.15) is 0 Å². The second-order valence-electron chi connectivity index (χ2n) is 4.86. The third kappa shape index (κ3) is 3.72. The van der Waals surface area contributed by atoms with Crippen molar-refractivity contribution < 1.29 is 4.79 Å². The zero-order valence-electron chi connectivity index (χ0n) is 11.0. The van der Waals surface area contributed by atoms with Crippen LogP contribution in [-0.4, -0.2) is 19.0 Å². The van der Waals surface area contributed by atoms with Gasteiger partial charge < -0.3 is 10.6 Å². The van der Waals surface area contributed by atoms with E-state index in [9.17, 15) is 4.79 Å². The van der Waals surface area contributed by atoms with Crippen LogP contribution in [0, 0.1) is 19.8 Å². The largest absolute Gasteiger partial charge is 0.326 e. The second kappa shape index (κ2) is 6.76. The van der Waals surface area contributed by atoms with Gasteiger partial charge in [-0.3, -0.25) is 4.79 Å². The molecule has 1 heterocycles. The first-order valence-electron chi connectivity index (χ1n) is 6.23. The van der Waals surface area contributed by atoms with E-state index < -0.39 is 0 Å². The molecule has 0 aliphatic carbocycles. The van der Waals surface area contributed by atoms with Crippen LogP contribution in [0.3, 0.4) is 0 Å². The number of amides is 1. The molecule has 18 heavy (non-hydrogen) atoms. The number of hydrogen-bond donors (Lipinski definition) is 2. The van der Waals surface area contributed by atoms with Crippen molar-refractivity contribution in [2.45, 2.75) is 26.7 Å². The van der Waals surface area contributed by atoms with Crippen molar-refractivity contribution in [3.8, 4) is 0 Å². The van der Waals surface area contributed by atoms with Gasteiger partial charge in [-0.25, -0.2) is 0 Å². The van der Waals surface area contributed by atoms with E-state index in [4.69, 9.17) is 0 Å². The molecule has 1 saturated heterocycles. The molecule has 2 rings (SSSR count). The minimum atomic E-state index is 0. The van der Waals surface area contributed by atoms with E-state index in [1.165, 1.54) is 5.56 Å². The van der Waals surface area contributed by atoms with Gasteiger partial charge in [-0.15, -0.1) is 12.4 Å². The summed E-state index contributed by atoms with van der Waals surface area (Å²) in [4.78, 5) is 11.9. The Kier molecular flexibility index (Phi) is 5.63. The molecule has 1 aliphatic heterocycles. The molecule has 1 aromatic rings. The molecular weight excluding hydrogens is 248 g/mol. The number of halogens is 1. The zero-order chi connectivity index (χ0) is 12.3. The van der Waals surface area contributed by atoms with E-state index >= 15 is 0 Å². The average Bonchev–Trinajstić information content (AvgIpc) is 2.77. The summed E-state index contributed by atoms with van der Waals surface area (Å²) in [6.07, 6.45) is 1.74. The maximum absolute atomic E-state index is 11.9. The monoisotopic (exact) mass is 268 g/mol. The van der Waals surface area contributed by atoms with Crippen LogP contribution in [0.4, 0.5) is 5.69 Å². The first-order chi connectivity index (χ1) is 8.16. The van der Waals surface area contributed by atoms with Crippen molar-refractivity contribution in [3.05, 3.63) is 29.3 Å². The lowest BCUT2D eigenvalue weighted by molar-refractivity contribution is -0.116. The molecule has 0 bridgehead atoms. The fraction of sp³-hybridized carbons (Fsp3) is 0.500. The average molecular weight is 269 g/mol. The lowest BCUT2D eigenvalue weighted by atomic mass is 10.0. The molecule has 0 radical (unpaired) electrons. The van der Waals surface area contributed by atoms with Crippen LogP contribution >= 0.6 is 12.4 Å². The molecule has 100 valence electrons. The summed E-state index contributed by atoms with van der Waals surface area (Å²) in [5, 5.41) is 6.29. The van der Waals surface area contributed by atoms with Crippen molar-refractivity contribution in [1.29, 1.82) is 0 Å². The Morgan fingerprint density at radius 3 is 2.89 bits per heavy atom. The number of aryl methyl sites for hydroxylation is 1. The Morgan fingerprint density at radius 1 is 1.44 bits per heavy atom. The Balaban J connectivity index is 0.00000162. The van der Waals surface area contributed by atoms with Crippen molar-refractivity contribution >= 4 is 24.0 Å². The smallest absolute Gasteiger partial charge is 0.224 e. The van der Waals surface area contributed by atoms with E-state index in [2.05, 4.69) is 23.6 Å². The first-order valence-corrected chi connectivity index (χ1v) is 6.23. The normalized spacial score (nSPS) is 18.2. The van der Waals surface area contributed by atoms with Gasteiger partial charge in [-0.2, -0.15) is 0 Å². The van der Waals surface area contributed by atoms with Gasteiger partial charge in [0.2, 0.25) is 5.91 Å². The minimum Gasteiger partial charge on any atom is -0.326 e. The molecule has 1 aliphatic rings. The van der Waals surface area contributed by atoms with Crippen LogP contribution in [-0.2, 0) is 4.79 Å². The molecule has 1 unspecified atom stereocenters. The molecule has 1 fully saturated rings. The number of carbonyl (C=O) groups is 1. The summed E-state index contributed by atoms with van der Waals surface area (Å²) in [5.74, 6) is 0.632. The molecule has 0 saturated carbocycles. The van der Waals surface area contributed by atoms with E-state index in [1.54, 1.807) is 0 Å². The molecule has 0 spiro atoms. The first kappa shape index (κ1) is 15.0. The Labute approximate surface area is 115 Å². The van der Waals surface area contributed by atoms with Crippen LogP contribution < -0.4 is 10.6 Å². The summed E-state index contributed by atoms with van der Waals surface area (Å²) in [7, 11) is 0. The van der Waals surface area contributed by atoms with Gasteiger partial charge >= 0.3 is 0 Å². The van der Waals surface area contributed by atoms with Crippen LogP contribution in [0.15, 0.2) is 18.2 Å². The van der Waals surface area contributed by atoms with E-state index in [0.29, 0.717) is 12.3 Å². The molecule has 3 nitrogen and oxygen atoms in total. The highest BCUT2D eigenvalue weighted by Gasteiger charge is 2.18. The van der Waals surface area contributed by atoms with Crippen molar-refractivity contribution in [2.24, 2.45) is 5.92 Å². The third-order valence-corrected chi connectivity index (χ3v) is 3.52. The number of nitrogens with one attached hydrogen (secondary N) is 2. The molecule has 1 amide bonds. The Hall–Kier alpha value is -1.06. The fourth-order valence-electron chi connectivity index (χ4n) is 2.24. The molecule has 1 atom stereocenters. The number of rotatable bonds is 3. The minimum absolute atomic E-state index is 0. The van der Waals surface area contributed by atoms with Crippen LogP contribution in [0.1, 0.15) is 24.0 Å². The summed E-state index contributed by atoms with van der Waals surface area (Å²) in [5.41, 5.74) is 3.32. The van der Waals surface area contributed by atoms with Crippen molar-refractivity contribution in [3.63, 3.8) is 0 Å². The van der Waals surface area contributed by atoms with Gasteiger partial charge in [-0.05, 0) is 56.5 Å². The van der Waals surface area contributed by atoms with Crippen LogP contribution in [0.2, 0.25) is 0 Å². The van der Waals surface area contributed by atoms with E-state index in [0.717, 1.165) is 30.8 Å².